The molecular weight excluding hydrogens is 274 g/mol. The van der Waals surface area contributed by atoms with Gasteiger partial charge < -0.3 is 9.84 Å². The Balaban J connectivity index is 1.65. The average molecular weight is 296 g/mol. The van der Waals surface area contributed by atoms with E-state index in [4.69, 9.17) is 4.74 Å². The number of aliphatic hydroxyl groups excluding tert-OH is 1. The fraction of sp³-hybridized carbons (Fsp3) is 0.647. The Hall–Kier alpha value is -1.00. The summed E-state index contributed by atoms with van der Waals surface area (Å²) in [4.78, 5) is 0. The predicted octanol–water partition coefficient (Wildman–Crippen LogP) is 3.61. The second-order valence-electron chi connectivity index (χ2n) is 6.50. The van der Waals surface area contributed by atoms with E-state index in [9.17, 15) is 13.9 Å². The highest BCUT2D eigenvalue weighted by atomic mass is 19.1. The first kappa shape index (κ1) is 14.9. The van der Waals surface area contributed by atoms with Gasteiger partial charge in [-0.2, -0.15) is 0 Å². The Kier molecular flexibility index (Phi) is 4.27. The van der Waals surface area contributed by atoms with Crippen LogP contribution in [0.25, 0.3) is 0 Å². The van der Waals surface area contributed by atoms with E-state index in [2.05, 4.69) is 0 Å². The smallest absolute Gasteiger partial charge is 0.129 e. The highest BCUT2D eigenvalue weighted by Gasteiger charge is 2.41. The number of benzene rings is 1. The van der Waals surface area contributed by atoms with E-state index >= 15 is 0 Å². The highest BCUT2D eigenvalue weighted by Crippen LogP contribution is 2.43. The molecule has 1 aliphatic heterocycles. The van der Waals surface area contributed by atoms with Gasteiger partial charge in [-0.25, -0.2) is 8.78 Å². The van der Waals surface area contributed by atoms with Crippen LogP contribution in [-0.4, -0.2) is 23.4 Å². The van der Waals surface area contributed by atoms with Crippen molar-refractivity contribution in [3.63, 3.8) is 0 Å². The molecule has 3 rings (SSSR count). The van der Waals surface area contributed by atoms with Gasteiger partial charge in [-0.3, -0.25) is 0 Å². The molecule has 1 saturated carbocycles. The summed E-state index contributed by atoms with van der Waals surface area (Å²) in [6.07, 6.45) is 5.84. The second kappa shape index (κ2) is 6.01. The van der Waals surface area contributed by atoms with Crippen molar-refractivity contribution in [2.45, 2.75) is 56.7 Å². The molecule has 0 bridgehead atoms. The molecule has 1 saturated heterocycles. The summed E-state index contributed by atoms with van der Waals surface area (Å²) in [5, 5.41) is 10.4. The molecule has 1 heterocycles. The van der Waals surface area contributed by atoms with E-state index in [1.54, 1.807) is 0 Å². The van der Waals surface area contributed by atoms with Gasteiger partial charge in [0.1, 0.15) is 11.6 Å². The van der Waals surface area contributed by atoms with Gasteiger partial charge in [0.2, 0.25) is 0 Å². The molecule has 0 aromatic heterocycles. The Morgan fingerprint density at radius 1 is 1.29 bits per heavy atom. The topological polar surface area (TPSA) is 29.5 Å². The lowest BCUT2D eigenvalue weighted by molar-refractivity contribution is -0.112. The summed E-state index contributed by atoms with van der Waals surface area (Å²) in [5.74, 6) is -1.01. The zero-order chi connectivity index (χ0) is 14.9. The molecule has 0 amide bonds. The maximum Gasteiger partial charge on any atom is 0.129 e. The zero-order valence-corrected chi connectivity index (χ0v) is 12.2. The number of halogens is 2. The van der Waals surface area contributed by atoms with Gasteiger partial charge in [0, 0.05) is 19.1 Å². The van der Waals surface area contributed by atoms with Gasteiger partial charge in [-0.15, -0.1) is 0 Å². The Morgan fingerprint density at radius 2 is 2.05 bits per heavy atom. The molecule has 1 spiro atoms. The monoisotopic (exact) mass is 296 g/mol. The molecule has 2 nitrogen and oxygen atoms in total. The van der Waals surface area contributed by atoms with E-state index in [0.717, 1.165) is 31.7 Å². The molecule has 2 unspecified atom stereocenters. The van der Waals surface area contributed by atoms with Gasteiger partial charge in [-0.05, 0) is 43.2 Å². The first-order valence-electron chi connectivity index (χ1n) is 7.84. The summed E-state index contributed by atoms with van der Waals surface area (Å²) in [6, 6.07) is 3.55. The second-order valence-corrected chi connectivity index (χ2v) is 6.50. The lowest BCUT2D eigenvalue weighted by Crippen LogP contribution is -2.41. The van der Waals surface area contributed by atoms with Crippen LogP contribution >= 0.6 is 0 Å². The van der Waals surface area contributed by atoms with Gasteiger partial charge in [0.25, 0.3) is 0 Å². The summed E-state index contributed by atoms with van der Waals surface area (Å²) >= 11 is 0. The highest BCUT2D eigenvalue weighted by molar-refractivity contribution is 5.19. The summed E-state index contributed by atoms with van der Waals surface area (Å²) in [6.45, 7) is 0.674. The third kappa shape index (κ3) is 3.27. The van der Waals surface area contributed by atoms with Crippen molar-refractivity contribution in [2.75, 3.05) is 6.61 Å². The zero-order valence-electron chi connectivity index (χ0n) is 12.2. The van der Waals surface area contributed by atoms with Crippen LogP contribution in [0.2, 0.25) is 0 Å². The van der Waals surface area contributed by atoms with Crippen LogP contribution in [-0.2, 0) is 11.2 Å². The maximum absolute atomic E-state index is 13.7. The number of ether oxygens (including phenoxy) is 1. The Morgan fingerprint density at radius 3 is 2.76 bits per heavy atom. The van der Waals surface area contributed by atoms with E-state index in [-0.39, 0.29) is 17.9 Å². The molecule has 2 atom stereocenters. The van der Waals surface area contributed by atoms with E-state index in [0.29, 0.717) is 12.2 Å². The van der Waals surface area contributed by atoms with E-state index in [1.165, 1.54) is 25.0 Å². The van der Waals surface area contributed by atoms with Crippen molar-refractivity contribution >= 4 is 0 Å². The molecule has 2 fully saturated rings. The van der Waals surface area contributed by atoms with Crippen LogP contribution in [0.15, 0.2) is 18.2 Å². The van der Waals surface area contributed by atoms with Crippen molar-refractivity contribution < 1.29 is 18.6 Å². The molecule has 116 valence electrons. The SMILES string of the molecule is OC(Cc1ccc(F)cc1F)C1CCOC2(CCCC2)C1. The average Bonchev–Trinajstić information content (AvgIpc) is 2.90. The van der Waals surface area contributed by atoms with E-state index in [1.807, 2.05) is 0 Å². The van der Waals surface area contributed by atoms with Crippen molar-refractivity contribution in [1.29, 1.82) is 0 Å². The number of hydrogen-bond acceptors (Lipinski definition) is 2. The third-order valence-electron chi connectivity index (χ3n) is 5.03. The van der Waals surface area contributed by atoms with Crippen molar-refractivity contribution in [2.24, 2.45) is 5.92 Å². The first-order chi connectivity index (χ1) is 10.1. The van der Waals surface area contributed by atoms with Crippen LogP contribution in [0.3, 0.4) is 0 Å². The first-order valence-corrected chi connectivity index (χ1v) is 7.84. The molecule has 0 radical (unpaired) electrons. The minimum absolute atomic E-state index is 0.0504. The third-order valence-corrected chi connectivity index (χ3v) is 5.03. The van der Waals surface area contributed by atoms with Crippen LogP contribution in [0.4, 0.5) is 8.78 Å². The fourth-order valence-electron chi connectivity index (χ4n) is 3.84. The molecule has 1 aliphatic carbocycles. The molecular formula is C17H22F2O2. The molecule has 1 N–H and O–H groups in total. The number of hydrogen-bond donors (Lipinski definition) is 1. The van der Waals surface area contributed by atoms with Gasteiger partial charge >= 0.3 is 0 Å². The number of rotatable bonds is 3. The maximum atomic E-state index is 13.7. The van der Waals surface area contributed by atoms with Crippen LogP contribution in [0.1, 0.15) is 44.1 Å². The minimum atomic E-state index is -0.591. The minimum Gasteiger partial charge on any atom is -0.392 e. The van der Waals surface area contributed by atoms with E-state index < -0.39 is 17.7 Å². The molecule has 4 heteroatoms. The lowest BCUT2D eigenvalue weighted by Gasteiger charge is -2.40. The Labute approximate surface area is 124 Å². The predicted molar refractivity (Wildman–Crippen MR) is 75.9 cm³/mol. The molecule has 21 heavy (non-hydrogen) atoms. The van der Waals surface area contributed by atoms with Crippen molar-refractivity contribution in [3.05, 3.63) is 35.4 Å². The van der Waals surface area contributed by atoms with Crippen LogP contribution in [0, 0.1) is 17.6 Å². The molecule has 2 aliphatic rings. The normalized spacial score (nSPS) is 26.1. The van der Waals surface area contributed by atoms with Crippen LogP contribution in [0.5, 0.6) is 0 Å². The lowest BCUT2D eigenvalue weighted by atomic mass is 9.80. The van der Waals surface area contributed by atoms with Gasteiger partial charge in [0.05, 0.1) is 11.7 Å². The van der Waals surface area contributed by atoms with Gasteiger partial charge in [0.15, 0.2) is 0 Å². The summed E-state index contributed by atoms with van der Waals surface area (Å²) in [5.41, 5.74) is 0.335. The standard InChI is InChI=1S/C17H22F2O2/c18-14-4-3-12(15(19)10-14)9-16(20)13-5-8-21-17(11-13)6-1-2-7-17/h3-4,10,13,16,20H,1-2,5-9,11H2. The van der Waals surface area contributed by atoms with Crippen molar-refractivity contribution in [3.8, 4) is 0 Å². The number of aliphatic hydroxyl groups is 1. The quantitative estimate of drug-likeness (QED) is 0.923. The largest absolute Gasteiger partial charge is 0.392 e. The molecule has 1 aromatic rings. The van der Waals surface area contributed by atoms with Crippen LogP contribution < -0.4 is 0 Å². The Bertz CT molecular complexity index is 498. The van der Waals surface area contributed by atoms with Gasteiger partial charge in [-0.1, -0.05) is 18.9 Å². The molecule has 1 aromatic carbocycles. The van der Waals surface area contributed by atoms with Crippen molar-refractivity contribution in [1.82, 2.24) is 0 Å². The fourth-order valence-corrected chi connectivity index (χ4v) is 3.84. The summed E-state index contributed by atoms with van der Waals surface area (Å²) < 4.78 is 32.6. The summed E-state index contributed by atoms with van der Waals surface area (Å²) in [7, 11) is 0.